The maximum Gasteiger partial charge on any atom is 0.314 e. The zero-order valence-electron chi connectivity index (χ0n) is 11.4. The first kappa shape index (κ1) is 13.6. The fourth-order valence-corrected chi connectivity index (χ4v) is 3.92. The van der Waals surface area contributed by atoms with Crippen molar-refractivity contribution in [2.24, 2.45) is 17.8 Å². The molecule has 0 aliphatic heterocycles. The average molecular weight is 250 g/mol. The van der Waals surface area contributed by atoms with Crippen molar-refractivity contribution in [3.05, 3.63) is 12.8 Å². The molecule has 102 valence electrons. The zero-order chi connectivity index (χ0) is 12.8. The summed E-state index contributed by atoms with van der Waals surface area (Å²) >= 11 is 0. The van der Waals surface area contributed by atoms with E-state index in [1.54, 1.807) is 0 Å². The van der Waals surface area contributed by atoms with Gasteiger partial charge in [0.1, 0.15) is 0 Å². The topological polar surface area (TPSA) is 26.3 Å². The molecule has 2 aliphatic carbocycles. The number of esters is 1. The Morgan fingerprint density at radius 3 is 1.78 bits per heavy atom. The molecular weight excluding hydrogens is 224 g/mol. The van der Waals surface area contributed by atoms with Crippen LogP contribution in [-0.2, 0) is 9.53 Å². The second-order valence-corrected chi connectivity index (χ2v) is 5.93. The summed E-state index contributed by atoms with van der Waals surface area (Å²) in [6.45, 7) is 3.53. The molecular formula is C16H26O2. The largest absolute Gasteiger partial charge is 0.435 e. The van der Waals surface area contributed by atoms with Crippen LogP contribution in [0.5, 0.6) is 0 Å². The van der Waals surface area contributed by atoms with Crippen molar-refractivity contribution in [3.8, 4) is 0 Å². The van der Waals surface area contributed by atoms with Crippen molar-refractivity contribution in [2.75, 3.05) is 0 Å². The number of rotatable bonds is 4. The lowest BCUT2D eigenvalue weighted by Crippen LogP contribution is -2.34. The minimum Gasteiger partial charge on any atom is -0.435 e. The first-order valence-corrected chi connectivity index (χ1v) is 7.64. The molecule has 0 heterocycles. The van der Waals surface area contributed by atoms with Crippen molar-refractivity contribution < 1.29 is 9.53 Å². The molecule has 2 saturated carbocycles. The van der Waals surface area contributed by atoms with Crippen LogP contribution >= 0.6 is 0 Å². The standard InChI is InChI=1S/C16H26O2/c1-2-18-16(17)15(13-9-5-3-6-10-13)14-11-7-4-8-12-14/h2,13-15H,1,3-12H2. The minimum atomic E-state index is -0.0104. The van der Waals surface area contributed by atoms with Crippen LogP contribution in [0.2, 0.25) is 0 Å². The van der Waals surface area contributed by atoms with Gasteiger partial charge in [0, 0.05) is 0 Å². The summed E-state index contributed by atoms with van der Waals surface area (Å²) in [5, 5.41) is 0. The predicted molar refractivity (Wildman–Crippen MR) is 72.9 cm³/mol. The third kappa shape index (κ3) is 3.37. The molecule has 2 fully saturated rings. The SMILES string of the molecule is C=COC(=O)C(C1CCCCC1)C1CCCCC1. The fourth-order valence-electron chi connectivity index (χ4n) is 3.92. The van der Waals surface area contributed by atoms with E-state index in [0.29, 0.717) is 11.8 Å². The van der Waals surface area contributed by atoms with E-state index in [1.807, 2.05) is 0 Å². The Morgan fingerprint density at radius 1 is 0.944 bits per heavy atom. The number of carbonyl (C=O) groups is 1. The van der Waals surface area contributed by atoms with Gasteiger partial charge in [-0.1, -0.05) is 45.1 Å². The van der Waals surface area contributed by atoms with E-state index in [0.717, 1.165) is 0 Å². The van der Waals surface area contributed by atoms with Gasteiger partial charge in [0.2, 0.25) is 0 Å². The molecule has 0 atom stereocenters. The van der Waals surface area contributed by atoms with Gasteiger partial charge in [-0.05, 0) is 37.5 Å². The first-order valence-electron chi connectivity index (χ1n) is 7.64. The quantitative estimate of drug-likeness (QED) is 0.544. The summed E-state index contributed by atoms with van der Waals surface area (Å²) < 4.78 is 5.14. The van der Waals surface area contributed by atoms with Crippen LogP contribution in [0.25, 0.3) is 0 Å². The van der Waals surface area contributed by atoms with Gasteiger partial charge in [-0.2, -0.15) is 0 Å². The van der Waals surface area contributed by atoms with E-state index >= 15 is 0 Å². The van der Waals surface area contributed by atoms with Crippen LogP contribution < -0.4 is 0 Å². The second kappa shape index (κ2) is 6.96. The molecule has 2 heteroatoms. The first-order chi connectivity index (χ1) is 8.83. The Labute approximate surface area is 111 Å². The summed E-state index contributed by atoms with van der Waals surface area (Å²) in [5.74, 6) is 1.26. The van der Waals surface area contributed by atoms with Crippen LogP contribution in [0.4, 0.5) is 0 Å². The maximum absolute atomic E-state index is 12.2. The van der Waals surface area contributed by atoms with E-state index in [2.05, 4.69) is 6.58 Å². The van der Waals surface area contributed by atoms with Gasteiger partial charge in [-0.3, -0.25) is 4.79 Å². The molecule has 18 heavy (non-hydrogen) atoms. The molecule has 0 saturated heterocycles. The molecule has 2 nitrogen and oxygen atoms in total. The van der Waals surface area contributed by atoms with Gasteiger partial charge in [0.15, 0.2) is 0 Å². The third-order valence-corrected chi connectivity index (χ3v) is 4.79. The summed E-state index contributed by atoms with van der Waals surface area (Å²) in [7, 11) is 0. The highest BCUT2D eigenvalue weighted by molar-refractivity contribution is 5.73. The highest BCUT2D eigenvalue weighted by atomic mass is 16.5. The monoisotopic (exact) mass is 250 g/mol. The van der Waals surface area contributed by atoms with Crippen LogP contribution in [0, 0.1) is 17.8 Å². The molecule has 0 aromatic heterocycles. The molecule has 0 aromatic carbocycles. The molecule has 2 rings (SSSR count). The van der Waals surface area contributed by atoms with E-state index < -0.39 is 0 Å². The lowest BCUT2D eigenvalue weighted by Gasteiger charge is -2.35. The average Bonchev–Trinajstić information content (AvgIpc) is 2.42. The zero-order valence-corrected chi connectivity index (χ0v) is 11.4. The molecule has 0 N–H and O–H groups in total. The Morgan fingerprint density at radius 2 is 1.39 bits per heavy atom. The molecule has 0 spiro atoms. The molecule has 2 aliphatic rings. The van der Waals surface area contributed by atoms with Crippen LogP contribution in [-0.4, -0.2) is 5.97 Å². The normalized spacial score (nSPS) is 22.9. The van der Waals surface area contributed by atoms with Gasteiger partial charge >= 0.3 is 5.97 Å². The molecule has 0 radical (unpaired) electrons. The molecule has 0 bridgehead atoms. The van der Waals surface area contributed by atoms with E-state index in [-0.39, 0.29) is 11.9 Å². The smallest absolute Gasteiger partial charge is 0.314 e. The highest BCUT2D eigenvalue weighted by Crippen LogP contribution is 2.40. The van der Waals surface area contributed by atoms with Crippen LogP contribution in [0.15, 0.2) is 12.8 Å². The van der Waals surface area contributed by atoms with Crippen molar-refractivity contribution in [1.82, 2.24) is 0 Å². The van der Waals surface area contributed by atoms with Gasteiger partial charge in [-0.25, -0.2) is 0 Å². The maximum atomic E-state index is 12.2. The number of hydrogen-bond acceptors (Lipinski definition) is 2. The van der Waals surface area contributed by atoms with E-state index in [1.165, 1.54) is 70.5 Å². The summed E-state index contributed by atoms with van der Waals surface area (Å²) in [5.41, 5.74) is 0. The third-order valence-electron chi connectivity index (χ3n) is 4.79. The van der Waals surface area contributed by atoms with E-state index in [4.69, 9.17) is 4.74 Å². The number of carbonyl (C=O) groups excluding carboxylic acids is 1. The van der Waals surface area contributed by atoms with Gasteiger partial charge < -0.3 is 4.74 Å². The van der Waals surface area contributed by atoms with Crippen molar-refractivity contribution >= 4 is 5.97 Å². The van der Waals surface area contributed by atoms with Crippen LogP contribution in [0.3, 0.4) is 0 Å². The van der Waals surface area contributed by atoms with Gasteiger partial charge in [0.05, 0.1) is 12.2 Å². The summed E-state index contributed by atoms with van der Waals surface area (Å²) in [4.78, 5) is 12.2. The Bertz CT molecular complexity index is 255. The number of ether oxygens (including phenoxy) is 1. The Kier molecular flexibility index (Phi) is 5.27. The molecule has 0 aromatic rings. The van der Waals surface area contributed by atoms with Gasteiger partial charge in [-0.15, -0.1) is 0 Å². The van der Waals surface area contributed by atoms with Crippen molar-refractivity contribution in [2.45, 2.75) is 64.2 Å². The predicted octanol–water partition coefficient (Wildman–Crippen LogP) is 4.45. The lowest BCUT2D eigenvalue weighted by molar-refractivity contribution is -0.148. The lowest BCUT2D eigenvalue weighted by atomic mass is 9.69. The molecule has 0 unspecified atom stereocenters. The van der Waals surface area contributed by atoms with Crippen molar-refractivity contribution in [3.63, 3.8) is 0 Å². The minimum absolute atomic E-state index is 0.0104. The second-order valence-electron chi connectivity index (χ2n) is 5.93. The number of hydrogen-bond donors (Lipinski definition) is 0. The highest BCUT2D eigenvalue weighted by Gasteiger charge is 2.37. The summed E-state index contributed by atoms with van der Waals surface area (Å²) in [6, 6.07) is 0. The Balaban J connectivity index is 2.04. The summed E-state index contributed by atoms with van der Waals surface area (Å²) in [6.07, 6.45) is 14.0. The fraction of sp³-hybridized carbons (Fsp3) is 0.812. The van der Waals surface area contributed by atoms with Crippen LogP contribution in [0.1, 0.15) is 64.2 Å². The van der Waals surface area contributed by atoms with E-state index in [9.17, 15) is 4.79 Å². The van der Waals surface area contributed by atoms with Crippen molar-refractivity contribution in [1.29, 1.82) is 0 Å². The molecule has 0 amide bonds. The Hall–Kier alpha value is -0.790. The van der Waals surface area contributed by atoms with Gasteiger partial charge in [0.25, 0.3) is 0 Å².